The van der Waals surface area contributed by atoms with Crippen LogP contribution in [0.4, 0.5) is 5.69 Å². The summed E-state index contributed by atoms with van der Waals surface area (Å²) in [6.07, 6.45) is 0. The van der Waals surface area contributed by atoms with Crippen LogP contribution in [0.15, 0.2) is 36.4 Å². The molecule has 2 aromatic carbocycles. The topological polar surface area (TPSA) is 107 Å². The molecule has 6 nitrogen and oxygen atoms in total. The Morgan fingerprint density at radius 3 is 2.24 bits per heavy atom. The number of aryl methyl sites for hydroxylation is 1. The van der Waals surface area contributed by atoms with Crippen molar-refractivity contribution in [2.24, 2.45) is 0 Å². The molecule has 0 atom stereocenters. The van der Waals surface area contributed by atoms with Crippen LogP contribution in [0.25, 0.3) is 0 Å². The van der Waals surface area contributed by atoms with Crippen molar-refractivity contribution in [3.05, 3.63) is 53.1 Å². The number of carbonyl (C=O) groups is 2. The average Bonchev–Trinajstić information content (AvgIpc) is 2.43. The molecule has 0 aliphatic heterocycles. The molecule has 21 heavy (non-hydrogen) atoms. The average molecular weight is 287 g/mol. The number of hydrogen-bond donors (Lipinski definition) is 4. The maximum Gasteiger partial charge on any atom is 0.335 e. The number of phenolic OH excluding ortho intramolecular Hbond substituents is 2. The SMILES string of the molecule is Cc1ccc(C(=O)Nc2cc(C(=O)O)ccc2O)cc1O. The molecule has 0 fully saturated rings. The summed E-state index contributed by atoms with van der Waals surface area (Å²) in [6, 6.07) is 7.96. The lowest BCUT2D eigenvalue weighted by atomic mass is 10.1. The van der Waals surface area contributed by atoms with Crippen molar-refractivity contribution in [2.75, 3.05) is 5.32 Å². The fourth-order valence-electron chi connectivity index (χ4n) is 1.71. The van der Waals surface area contributed by atoms with Crippen LogP contribution < -0.4 is 5.32 Å². The third-order valence-corrected chi connectivity index (χ3v) is 2.96. The minimum absolute atomic E-state index is 0.0139. The van der Waals surface area contributed by atoms with Gasteiger partial charge < -0.3 is 20.6 Å². The molecule has 0 saturated heterocycles. The van der Waals surface area contributed by atoms with Crippen molar-refractivity contribution < 1.29 is 24.9 Å². The summed E-state index contributed by atoms with van der Waals surface area (Å²) in [7, 11) is 0. The molecule has 108 valence electrons. The molecule has 2 rings (SSSR count). The molecule has 2 aromatic rings. The molecule has 0 aromatic heterocycles. The lowest BCUT2D eigenvalue weighted by Gasteiger charge is -2.09. The van der Waals surface area contributed by atoms with Crippen molar-refractivity contribution >= 4 is 17.6 Å². The monoisotopic (exact) mass is 287 g/mol. The smallest absolute Gasteiger partial charge is 0.335 e. The zero-order valence-electron chi connectivity index (χ0n) is 11.1. The van der Waals surface area contributed by atoms with E-state index in [0.717, 1.165) is 6.07 Å². The third-order valence-electron chi connectivity index (χ3n) is 2.96. The van der Waals surface area contributed by atoms with E-state index in [1.807, 2.05) is 0 Å². The van der Waals surface area contributed by atoms with Crippen LogP contribution in [0.3, 0.4) is 0 Å². The first-order valence-electron chi connectivity index (χ1n) is 6.06. The van der Waals surface area contributed by atoms with Crippen molar-refractivity contribution in [1.29, 1.82) is 0 Å². The number of benzene rings is 2. The molecule has 0 aliphatic carbocycles. The molecule has 0 aliphatic rings. The number of aromatic hydroxyl groups is 2. The van der Waals surface area contributed by atoms with Crippen LogP contribution >= 0.6 is 0 Å². The van der Waals surface area contributed by atoms with Gasteiger partial charge in [-0.25, -0.2) is 4.79 Å². The Balaban J connectivity index is 2.28. The second-order valence-electron chi connectivity index (χ2n) is 4.49. The van der Waals surface area contributed by atoms with Gasteiger partial charge in [-0.05, 0) is 42.8 Å². The van der Waals surface area contributed by atoms with Gasteiger partial charge in [-0.1, -0.05) is 6.07 Å². The predicted molar refractivity (Wildman–Crippen MR) is 75.9 cm³/mol. The fraction of sp³-hybridized carbons (Fsp3) is 0.0667. The first-order valence-corrected chi connectivity index (χ1v) is 6.06. The van der Waals surface area contributed by atoms with Crippen LogP contribution in [-0.2, 0) is 0 Å². The van der Waals surface area contributed by atoms with Gasteiger partial charge in [0.2, 0.25) is 0 Å². The fourth-order valence-corrected chi connectivity index (χ4v) is 1.71. The first kappa shape index (κ1) is 14.4. The molecule has 6 heteroatoms. The number of hydrogen-bond acceptors (Lipinski definition) is 4. The lowest BCUT2D eigenvalue weighted by molar-refractivity contribution is 0.0696. The van der Waals surface area contributed by atoms with Gasteiger partial charge in [-0.3, -0.25) is 4.79 Å². The van der Waals surface area contributed by atoms with Crippen molar-refractivity contribution in [1.82, 2.24) is 0 Å². The van der Waals surface area contributed by atoms with Gasteiger partial charge in [-0.15, -0.1) is 0 Å². The molecule has 0 spiro atoms. The van der Waals surface area contributed by atoms with Crippen LogP contribution in [0.2, 0.25) is 0 Å². The van der Waals surface area contributed by atoms with Crippen LogP contribution in [-0.4, -0.2) is 27.2 Å². The van der Waals surface area contributed by atoms with E-state index in [1.165, 1.54) is 24.3 Å². The highest BCUT2D eigenvalue weighted by molar-refractivity contribution is 6.05. The van der Waals surface area contributed by atoms with Gasteiger partial charge in [0.25, 0.3) is 5.91 Å². The minimum Gasteiger partial charge on any atom is -0.508 e. The van der Waals surface area contributed by atoms with Crippen LogP contribution in [0.5, 0.6) is 11.5 Å². The highest BCUT2D eigenvalue weighted by atomic mass is 16.4. The van der Waals surface area contributed by atoms with Gasteiger partial charge in [0.15, 0.2) is 0 Å². The van der Waals surface area contributed by atoms with E-state index in [2.05, 4.69) is 5.32 Å². The Hall–Kier alpha value is -3.02. The summed E-state index contributed by atoms with van der Waals surface area (Å²) in [5.74, 6) is -2.00. The van der Waals surface area contributed by atoms with Gasteiger partial charge in [0.1, 0.15) is 11.5 Å². The maximum atomic E-state index is 12.0. The van der Waals surface area contributed by atoms with Crippen LogP contribution in [0, 0.1) is 6.92 Å². The molecular formula is C15H13NO5. The molecule has 4 N–H and O–H groups in total. The largest absolute Gasteiger partial charge is 0.508 e. The molecular weight excluding hydrogens is 274 g/mol. The number of phenols is 2. The van der Waals surface area contributed by atoms with Crippen molar-refractivity contribution in [2.45, 2.75) is 6.92 Å². The molecule has 0 radical (unpaired) electrons. The standard InChI is InChI=1S/C15H13NO5/c1-8-2-3-9(7-13(8)18)14(19)16-11-6-10(15(20)21)4-5-12(11)17/h2-7,17-18H,1H3,(H,16,19)(H,20,21). The number of carboxylic acid groups (broad SMARTS) is 1. The van der Waals surface area contributed by atoms with E-state index in [0.29, 0.717) is 5.56 Å². The van der Waals surface area contributed by atoms with E-state index in [1.54, 1.807) is 13.0 Å². The van der Waals surface area contributed by atoms with E-state index >= 15 is 0 Å². The Kier molecular flexibility index (Phi) is 3.80. The highest BCUT2D eigenvalue weighted by Crippen LogP contribution is 2.25. The second-order valence-corrected chi connectivity index (χ2v) is 4.49. The van der Waals surface area contributed by atoms with E-state index < -0.39 is 11.9 Å². The summed E-state index contributed by atoms with van der Waals surface area (Å²) in [4.78, 5) is 22.9. The number of amides is 1. The summed E-state index contributed by atoms with van der Waals surface area (Å²) < 4.78 is 0. The second kappa shape index (κ2) is 5.54. The quantitative estimate of drug-likeness (QED) is 0.648. The number of carboxylic acids is 1. The van der Waals surface area contributed by atoms with Gasteiger partial charge in [-0.2, -0.15) is 0 Å². The Morgan fingerprint density at radius 2 is 1.62 bits per heavy atom. The highest BCUT2D eigenvalue weighted by Gasteiger charge is 2.13. The van der Waals surface area contributed by atoms with Crippen LogP contribution in [0.1, 0.15) is 26.3 Å². The van der Waals surface area contributed by atoms with E-state index in [9.17, 15) is 19.8 Å². The predicted octanol–water partition coefficient (Wildman–Crippen LogP) is 2.36. The van der Waals surface area contributed by atoms with Gasteiger partial charge >= 0.3 is 5.97 Å². The van der Waals surface area contributed by atoms with E-state index in [-0.39, 0.29) is 28.3 Å². The summed E-state index contributed by atoms with van der Waals surface area (Å²) in [6.45, 7) is 1.69. The summed E-state index contributed by atoms with van der Waals surface area (Å²) in [5, 5.41) is 30.5. The maximum absolute atomic E-state index is 12.0. The molecule has 0 heterocycles. The lowest BCUT2D eigenvalue weighted by Crippen LogP contribution is -2.12. The summed E-state index contributed by atoms with van der Waals surface area (Å²) in [5.41, 5.74) is 0.746. The molecule has 0 saturated carbocycles. The number of rotatable bonds is 3. The normalized spacial score (nSPS) is 10.1. The van der Waals surface area contributed by atoms with Gasteiger partial charge in [0.05, 0.1) is 11.3 Å². The minimum atomic E-state index is -1.17. The number of aromatic carboxylic acids is 1. The third kappa shape index (κ3) is 3.11. The van der Waals surface area contributed by atoms with Crippen molar-refractivity contribution in [3.63, 3.8) is 0 Å². The zero-order chi connectivity index (χ0) is 15.6. The van der Waals surface area contributed by atoms with E-state index in [4.69, 9.17) is 5.11 Å². The molecule has 1 amide bonds. The zero-order valence-corrected chi connectivity index (χ0v) is 11.1. The number of nitrogens with one attached hydrogen (secondary N) is 1. The first-order chi connectivity index (χ1) is 9.88. The Labute approximate surface area is 120 Å². The summed E-state index contributed by atoms with van der Waals surface area (Å²) >= 11 is 0. The Morgan fingerprint density at radius 1 is 0.952 bits per heavy atom. The molecule has 0 bridgehead atoms. The Bertz CT molecular complexity index is 724. The number of carbonyl (C=O) groups excluding carboxylic acids is 1. The van der Waals surface area contributed by atoms with Crippen molar-refractivity contribution in [3.8, 4) is 11.5 Å². The number of anilines is 1. The molecule has 0 unspecified atom stereocenters. The van der Waals surface area contributed by atoms with Gasteiger partial charge in [0, 0.05) is 5.56 Å².